The van der Waals surface area contributed by atoms with E-state index in [1.807, 2.05) is 7.05 Å². The Balaban J connectivity index is 2.55. The van der Waals surface area contributed by atoms with Crippen molar-refractivity contribution in [2.45, 2.75) is 27.3 Å². The van der Waals surface area contributed by atoms with Gasteiger partial charge in [-0.1, -0.05) is 38.1 Å². The van der Waals surface area contributed by atoms with Gasteiger partial charge in [0.25, 0.3) is 0 Å². The molecule has 0 saturated heterocycles. The molecule has 0 aromatic heterocycles. The van der Waals surface area contributed by atoms with E-state index in [1.165, 1.54) is 11.1 Å². The highest BCUT2D eigenvalue weighted by Gasteiger charge is 2.19. The Hall–Kier alpha value is -0.860. The van der Waals surface area contributed by atoms with Crippen LogP contribution in [0.5, 0.6) is 0 Å². The van der Waals surface area contributed by atoms with E-state index >= 15 is 0 Å². The largest absolute Gasteiger partial charge is 0.319 e. The second-order valence-corrected chi connectivity index (χ2v) is 5.79. The number of rotatable bonds is 6. The number of aryl methyl sites for hydroxylation is 1. The molecule has 96 valence electrons. The molecular weight excluding hydrogens is 208 g/mol. The quantitative estimate of drug-likeness (QED) is 0.814. The minimum atomic E-state index is 0.312. The van der Waals surface area contributed by atoms with Gasteiger partial charge in [0.15, 0.2) is 0 Å². The zero-order chi connectivity index (χ0) is 12.9. The summed E-state index contributed by atoms with van der Waals surface area (Å²) >= 11 is 0. The van der Waals surface area contributed by atoms with Gasteiger partial charge in [-0.2, -0.15) is 0 Å². The van der Waals surface area contributed by atoms with Crippen LogP contribution in [0.15, 0.2) is 24.3 Å². The molecule has 0 aliphatic rings. The van der Waals surface area contributed by atoms with Gasteiger partial charge in [0, 0.05) is 19.6 Å². The van der Waals surface area contributed by atoms with Crippen LogP contribution in [0.1, 0.15) is 25.0 Å². The third-order valence-electron chi connectivity index (χ3n) is 3.05. The fourth-order valence-electron chi connectivity index (χ4n) is 2.40. The van der Waals surface area contributed by atoms with Crippen LogP contribution in [0.3, 0.4) is 0 Å². The third kappa shape index (κ3) is 4.88. The van der Waals surface area contributed by atoms with E-state index in [9.17, 15) is 0 Å². The summed E-state index contributed by atoms with van der Waals surface area (Å²) in [4.78, 5) is 2.40. The van der Waals surface area contributed by atoms with Gasteiger partial charge in [-0.05, 0) is 37.6 Å². The molecule has 0 spiro atoms. The first-order chi connectivity index (χ1) is 7.94. The van der Waals surface area contributed by atoms with Crippen LogP contribution in [0, 0.1) is 12.3 Å². The van der Waals surface area contributed by atoms with Crippen molar-refractivity contribution < 1.29 is 0 Å². The lowest BCUT2D eigenvalue weighted by molar-refractivity contribution is 0.201. The topological polar surface area (TPSA) is 15.3 Å². The Kier molecular flexibility index (Phi) is 5.16. The summed E-state index contributed by atoms with van der Waals surface area (Å²) in [6, 6.07) is 8.62. The molecule has 17 heavy (non-hydrogen) atoms. The number of hydrogen-bond donors (Lipinski definition) is 1. The highest BCUT2D eigenvalue weighted by Crippen LogP contribution is 2.17. The monoisotopic (exact) mass is 234 g/mol. The first kappa shape index (κ1) is 14.2. The van der Waals surface area contributed by atoms with Gasteiger partial charge in [-0.3, -0.25) is 0 Å². The van der Waals surface area contributed by atoms with E-state index in [4.69, 9.17) is 0 Å². The van der Waals surface area contributed by atoms with Crippen LogP contribution in [0.25, 0.3) is 0 Å². The summed E-state index contributed by atoms with van der Waals surface area (Å²) in [6.45, 7) is 9.96. The van der Waals surface area contributed by atoms with Crippen molar-refractivity contribution in [1.82, 2.24) is 10.2 Å². The maximum absolute atomic E-state index is 3.26. The minimum absolute atomic E-state index is 0.312. The molecule has 1 aromatic carbocycles. The van der Waals surface area contributed by atoms with E-state index in [0.29, 0.717) is 5.41 Å². The second kappa shape index (κ2) is 6.18. The Morgan fingerprint density at radius 2 is 1.88 bits per heavy atom. The van der Waals surface area contributed by atoms with Gasteiger partial charge in [-0.25, -0.2) is 0 Å². The number of hydrogen-bond acceptors (Lipinski definition) is 2. The van der Waals surface area contributed by atoms with Crippen molar-refractivity contribution in [3.8, 4) is 0 Å². The molecule has 1 rings (SSSR count). The van der Waals surface area contributed by atoms with Crippen LogP contribution < -0.4 is 5.32 Å². The lowest BCUT2D eigenvalue weighted by Crippen LogP contribution is -2.37. The summed E-state index contributed by atoms with van der Waals surface area (Å²) in [7, 11) is 4.22. The normalized spacial score (nSPS) is 12.1. The summed E-state index contributed by atoms with van der Waals surface area (Å²) < 4.78 is 0. The molecule has 0 fully saturated rings. The van der Waals surface area contributed by atoms with Crippen LogP contribution in [0.4, 0.5) is 0 Å². The van der Waals surface area contributed by atoms with E-state index in [2.05, 4.69) is 62.3 Å². The first-order valence-electron chi connectivity index (χ1n) is 6.32. The molecule has 2 nitrogen and oxygen atoms in total. The Morgan fingerprint density at radius 3 is 2.47 bits per heavy atom. The summed E-state index contributed by atoms with van der Waals surface area (Å²) in [5.74, 6) is 0. The molecule has 0 aliphatic heterocycles. The molecule has 0 amide bonds. The van der Waals surface area contributed by atoms with Crippen LogP contribution in [-0.4, -0.2) is 32.1 Å². The van der Waals surface area contributed by atoms with Crippen LogP contribution in [-0.2, 0) is 6.54 Å². The lowest BCUT2D eigenvalue weighted by atomic mass is 9.92. The molecule has 2 heteroatoms. The first-order valence-corrected chi connectivity index (χ1v) is 6.32. The Labute approximate surface area is 106 Å². The molecule has 0 bridgehead atoms. The average molecular weight is 234 g/mol. The third-order valence-corrected chi connectivity index (χ3v) is 3.05. The van der Waals surface area contributed by atoms with Crippen molar-refractivity contribution in [2.24, 2.45) is 5.41 Å². The maximum atomic E-state index is 3.26. The van der Waals surface area contributed by atoms with E-state index in [1.54, 1.807) is 0 Å². The van der Waals surface area contributed by atoms with Gasteiger partial charge in [0.05, 0.1) is 0 Å². The molecule has 0 saturated carbocycles. The van der Waals surface area contributed by atoms with Crippen molar-refractivity contribution in [2.75, 3.05) is 27.2 Å². The zero-order valence-corrected chi connectivity index (χ0v) is 11.9. The maximum Gasteiger partial charge on any atom is 0.0233 e. The number of nitrogens with zero attached hydrogens (tertiary/aromatic N) is 1. The molecule has 0 radical (unpaired) electrons. The number of benzene rings is 1. The molecule has 0 atom stereocenters. The highest BCUT2D eigenvalue weighted by molar-refractivity contribution is 5.25. The minimum Gasteiger partial charge on any atom is -0.319 e. The summed E-state index contributed by atoms with van der Waals surface area (Å²) in [6.07, 6.45) is 0. The molecule has 1 aromatic rings. The van der Waals surface area contributed by atoms with Gasteiger partial charge < -0.3 is 10.2 Å². The van der Waals surface area contributed by atoms with E-state index in [0.717, 1.165) is 19.6 Å². The SMILES string of the molecule is CNCC(C)(C)CN(C)Cc1ccccc1C. The summed E-state index contributed by atoms with van der Waals surface area (Å²) in [5.41, 5.74) is 3.12. The standard InChI is InChI=1S/C15H26N2/c1-13-8-6-7-9-14(13)10-17(5)12-15(2,3)11-16-4/h6-9,16H,10-12H2,1-5H3. The van der Waals surface area contributed by atoms with Crippen LogP contribution in [0.2, 0.25) is 0 Å². The molecule has 0 unspecified atom stereocenters. The smallest absolute Gasteiger partial charge is 0.0233 e. The summed E-state index contributed by atoms with van der Waals surface area (Å²) in [5, 5.41) is 3.26. The van der Waals surface area contributed by atoms with Gasteiger partial charge in [0.2, 0.25) is 0 Å². The molecule has 1 N–H and O–H groups in total. The predicted octanol–water partition coefficient (Wildman–Crippen LogP) is 2.67. The highest BCUT2D eigenvalue weighted by atomic mass is 15.1. The molecular formula is C15H26N2. The fraction of sp³-hybridized carbons (Fsp3) is 0.600. The fourth-order valence-corrected chi connectivity index (χ4v) is 2.40. The lowest BCUT2D eigenvalue weighted by Gasteiger charge is -2.30. The van der Waals surface area contributed by atoms with E-state index < -0.39 is 0 Å². The van der Waals surface area contributed by atoms with E-state index in [-0.39, 0.29) is 0 Å². The van der Waals surface area contributed by atoms with Crippen molar-refractivity contribution in [1.29, 1.82) is 0 Å². The Morgan fingerprint density at radius 1 is 1.24 bits per heavy atom. The van der Waals surface area contributed by atoms with Gasteiger partial charge >= 0.3 is 0 Å². The van der Waals surface area contributed by atoms with Crippen molar-refractivity contribution >= 4 is 0 Å². The van der Waals surface area contributed by atoms with Crippen molar-refractivity contribution in [3.05, 3.63) is 35.4 Å². The van der Waals surface area contributed by atoms with Crippen molar-refractivity contribution in [3.63, 3.8) is 0 Å². The van der Waals surface area contributed by atoms with Gasteiger partial charge in [0.1, 0.15) is 0 Å². The number of nitrogens with one attached hydrogen (secondary N) is 1. The molecule has 0 aliphatic carbocycles. The van der Waals surface area contributed by atoms with Gasteiger partial charge in [-0.15, -0.1) is 0 Å². The Bertz CT molecular complexity index is 345. The van der Waals surface area contributed by atoms with Crippen LogP contribution >= 0.6 is 0 Å². The average Bonchev–Trinajstić information content (AvgIpc) is 2.20. The zero-order valence-electron chi connectivity index (χ0n) is 11.9. The predicted molar refractivity (Wildman–Crippen MR) is 75.2 cm³/mol. The molecule has 0 heterocycles. The second-order valence-electron chi connectivity index (χ2n) is 5.79.